The van der Waals surface area contributed by atoms with Crippen molar-refractivity contribution in [3.63, 3.8) is 0 Å². The third kappa shape index (κ3) is 1.83. The smallest absolute Gasteiger partial charge is 0.119 e. The van der Waals surface area contributed by atoms with Crippen LogP contribution in [-0.4, -0.2) is 13.2 Å². The molecule has 1 aromatic rings. The van der Waals surface area contributed by atoms with Crippen LogP contribution >= 0.6 is 0 Å². The maximum absolute atomic E-state index is 5.44. The van der Waals surface area contributed by atoms with Gasteiger partial charge in [0.1, 0.15) is 5.75 Å². The van der Waals surface area contributed by atoms with Gasteiger partial charge in [-0.05, 0) is 37.6 Å². The van der Waals surface area contributed by atoms with E-state index in [1.54, 1.807) is 0 Å². The average Bonchev–Trinajstić information content (AvgIpc) is 2.02. The topological polar surface area (TPSA) is 21.3 Å². The van der Waals surface area contributed by atoms with Crippen LogP contribution in [0.2, 0.25) is 0 Å². The maximum atomic E-state index is 5.44. The van der Waals surface area contributed by atoms with E-state index in [9.17, 15) is 0 Å². The fraction of sp³-hybridized carbons (Fsp3) is 0.455. The highest BCUT2D eigenvalue weighted by molar-refractivity contribution is 5.31. The van der Waals surface area contributed by atoms with Crippen molar-refractivity contribution in [2.24, 2.45) is 0 Å². The molecular formula is C11H15NO. The summed E-state index contributed by atoms with van der Waals surface area (Å²) in [7, 11) is 0. The zero-order valence-electron chi connectivity index (χ0n) is 7.92. The minimum Gasteiger partial charge on any atom is -0.494 e. The molecule has 1 aliphatic heterocycles. The predicted octanol–water partition coefficient (Wildman–Crippen LogP) is 2.12. The van der Waals surface area contributed by atoms with E-state index in [1.807, 2.05) is 13.0 Å². The number of hydrogen-bond donors (Lipinski definition) is 1. The molecule has 0 bridgehead atoms. The van der Waals surface area contributed by atoms with Crippen LogP contribution in [-0.2, 0) is 0 Å². The number of benzene rings is 1. The molecule has 1 aliphatic rings. The molecule has 0 saturated carbocycles. The Morgan fingerprint density at radius 3 is 3.00 bits per heavy atom. The Morgan fingerprint density at radius 2 is 2.38 bits per heavy atom. The average molecular weight is 177 g/mol. The molecule has 70 valence electrons. The Bertz CT molecular complexity index is 281. The number of ether oxygens (including phenoxy) is 1. The summed E-state index contributed by atoms with van der Waals surface area (Å²) >= 11 is 0. The summed E-state index contributed by atoms with van der Waals surface area (Å²) in [6.07, 6.45) is 1.25. The highest BCUT2D eigenvalue weighted by Gasteiger charge is 2.18. The van der Waals surface area contributed by atoms with Crippen LogP contribution in [0.1, 0.15) is 24.9 Å². The van der Waals surface area contributed by atoms with Crippen molar-refractivity contribution in [1.29, 1.82) is 0 Å². The van der Waals surface area contributed by atoms with Crippen molar-refractivity contribution in [2.75, 3.05) is 13.2 Å². The van der Waals surface area contributed by atoms with Crippen LogP contribution < -0.4 is 10.1 Å². The van der Waals surface area contributed by atoms with Gasteiger partial charge in [-0.3, -0.25) is 0 Å². The molecule has 13 heavy (non-hydrogen) atoms. The largest absolute Gasteiger partial charge is 0.494 e. The molecule has 1 fully saturated rings. The van der Waals surface area contributed by atoms with E-state index >= 15 is 0 Å². The molecule has 1 saturated heterocycles. The Labute approximate surface area is 78.9 Å². The van der Waals surface area contributed by atoms with Crippen molar-refractivity contribution in [3.8, 4) is 5.75 Å². The van der Waals surface area contributed by atoms with Crippen LogP contribution in [0.25, 0.3) is 0 Å². The normalized spacial score (nSPS) is 20.8. The van der Waals surface area contributed by atoms with Crippen LogP contribution in [0.3, 0.4) is 0 Å². The number of hydrogen-bond acceptors (Lipinski definition) is 2. The molecule has 2 rings (SSSR count). The lowest BCUT2D eigenvalue weighted by Gasteiger charge is -2.28. The summed E-state index contributed by atoms with van der Waals surface area (Å²) in [6, 6.07) is 8.89. The zero-order chi connectivity index (χ0) is 9.10. The Hall–Kier alpha value is -1.02. The number of nitrogens with one attached hydrogen (secondary N) is 1. The third-order valence-electron chi connectivity index (χ3n) is 2.40. The zero-order valence-corrected chi connectivity index (χ0v) is 7.92. The SMILES string of the molecule is CCOc1cccc([C@H]2CCN2)c1. The second kappa shape index (κ2) is 3.79. The van der Waals surface area contributed by atoms with Crippen LogP contribution in [0.15, 0.2) is 24.3 Å². The summed E-state index contributed by atoms with van der Waals surface area (Å²) in [5.74, 6) is 0.980. The van der Waals surface area contributed by atoms with Crippen molar-refractivity contribution in [2.45, 2.75) is 19.4 Å². The summed E-state index contributed by atoms with van der Waals surface area (Å²) in [5.41, 5.74) is 1.34. The quantitative estimate of drug-likeness (QED) is 0.763. The number of rotatable bonds is 3. The first-order chi connectivity index (χ1) is 6.40. The second-order valence-corrected chi connectivity index (χ2v) is 3.30. The van der Waals surface area contributed by atoms with Gasteiger partial charge in [-0.25, -0.2) is 0 Å². The van der Waals surface area contributed by atoms with Gasteiger partial charge in [0, 0.05) is 6.04 Å². The standard InChI is InChI=1S/C11H15NO/c1-2-13-10-5-3-4-9(8-10)11-6-7-12-11/h3-5,8,11-12H,2,6-7H2,1H3/t11-/m1/s1. The molecule has 2 nitrogen and oxygen atoms in total. The molecule has 1 heterocycles. The second-order valence-electron chi connectivity index (χ2n) is 3.30. The molecular weight excluding hydrogens is 162 g/mol. The first kappa shape index (κ1) is 8.57. The molecule has 1 aromatic carbocycles. The van der Waals surface area contributed by atoms with Crippen LogP contribution in [0.5, 0.6) is 5.75 Å². The lowest BCUT2D eigenvalue weighted by Crippen LogP contribution is -2.34. The fourth-order valence-electron chi connectivity index (χ4n) is 1.56. The van der Waals surface area contributed by atoms with Gasteiger partial charge < -0.3 is 10.1 Å². The van der Waals surface area contributed by atoms with Crippen LogP contribution in [0.4, 0.5) is 0 Å². The highest BCUT2D eigenvalue weighted by Crippen LogP contribution is 2.25. The van der Waals surface area contributed by atoms with E-state index in [4.69, 9.17) is 4.74 Å². The maximum Gasteiger partial charge on any atom is 0.119 e. The monoisotopic (exact) mass is 177 g/mol. The van der Waals surface area contributed by atoms with Crippen molar-refractivity contribution < 1.29 is 4.74 Å². The molecule has 2 heteroatoms. The molecule has 0 aromatic heterocycles. The molecule has 1 N–H and O–H groups in total. The van der Waals surface area contributed by atoms with Gasteiger partial charge in [-0.2, -0.15) is 0 Å². The van der Waals surface area contributed by atoms with Gasteiger partial charge in [0.2, 0.25) is 0 Å². The van der Waals surface area contributed by atoms with Gasteiger partial charge in [-0.15, -0.1) is 0 Å². The first-order valence-electron chi connectivity index (χ1n) is 4.86. The summed E-state index contributed by atoms with van der Waals surface area (Å²) in [6.45, 7) is 3.89. The Kier molecular flexibility index (Phi) is 2.50. The van der Waals surface area contributed by atoms with Crippen molar-refractivity contribution in [1.82, 2.24) is 5.32 Å². The summed E-state index contributed by atoms with van der Waals surface area (Å²) < 4.78 is 5.44. The van der Waals surface area contributed by atoms with E-state index in [1.165, 1.54) is 12.0 Å². The Balaban J connectivity index is 2.11. The van der Waals surface area contributed by atoms with Gasteiger partial charge in [0.05, 0.1) is 6.61 Å². The highest BCUT2D eigenvalue weighted by atomic mass is 16.5. The minimum atomic E-state index is 0.556. The summed E-state index contributed by atoms with van der Waals surface area (Å²) in [5, 5.41) is 3.38. The fourth-order valence-corrected chi connectivity index (χ4v) is 1.56. The van der Waals surface area contributed by atoms with E-state index in [2.05, 4.69) is 23.5 Å². The predicted molar refractivity (Wildman–Crippen MR) is 53.0 cm³/mol. The third-order valence-corrected chi connectivity index (χ3v) is 2.40. The van der Waals surface area contributed by atoms with Gasteiger partial charge in [0.15, 0.2) is 0 Å². The van der Waals surface area contributed by atoms with E-state index in [0.29, 0.717) is 6.04 Å². The van der Waals surface area contributed by atoms with E-state index in [-0.39, 0.29) is 0 Å². The van der Waals surface area contributed by atoms with Gasteiger partial charge in [0.25, 0.3) is 0 Å². The first-order valence-corrected chi connectivity index (χ1v) is 4.86. The Morgan fingerprint density at radius 1 is 1.54 bits per heavy atom. The molecule has 0 spiro atoms. The molecule has 0 amide bonds. The van der Waals surface area contributed by atoms with Gasteiger partial charge in [-0.1, -0.05) is 12.1 Å². The van der Waals surface area contributed by atoms with Crippen molar-refractivity contribution >= 4 is 0 Å². The molecule has 0 aliphatic carbocycles. The lowest BCUT2D eigenvalue weighted by atomic mass is 9.98. The molecule has 0 radical (unpaired) electrons. The summed E-state index contributed by atoms with van der Waals surface area (Å²) in [4.78, 5) is 0. The molecule has 0 unspecified atom stereocenters. The lowest BCUT2D eigenvalue weighted by molar-refractivity contribution is 0.336. The van der Waals surface area contributed by atoms with E-state index < -0.39 is 0 Å². The molecule has 1 atom stereocenters. The minimum absolute atomic E-state index is 0.556. The van der Waals surface area contributed by atoms with Crippen LogP contribution in [0, 0.1) is 0 Å². The van der Waals surface area contributed by atoms with Crippen molar-refractivity contribution in [3.05, 3.63) is 29.8 Å². The van der Waals surface area contributed by atoms with Gasteiger partial charge >= 0.3 is 0 Å². The van der Waals surface area contributed by atoms with E-state index in [0.717, 1.165) is 18.9 Å².